The van der Waals surface area contributed by atoms with Crippen LogP contribution in [0.25, 0.3) is 0 Å². The average Bonchev–Trinajstić information content (AvgIpc) is 3.10. The van der Waals surface area contributed by atoms with Crippen molar-refractivity contribution in [2.45, 2.75) is 50.3 Å². The summed E-state index contributed by atoms with van der Waals surface area (Å²) in [7, 11) is -4.70. The number of carbonyl (C=O) groups excluding carboxylic acids is 2. The fourth-order valence-corrected chi connectivity index (χ4v) is 6.83. The lowest BCUT2D eigenvalue weighted by Crippen LogP contribution is -2.43. The maximum absolute atomic E-state index is 14.3. The Balaban J connectivity index is 2.02. The molecule has 3 N–H and O–H groups in total. The number of hydrogen-bond acceptors (Lipinski definition) is 6. The Morgan fingerprint density at radius 1 is 1.05 bits per heavy atom. The van der Waals surface area contributed by atoms with Crippen LogP contribution in [0.3, 0.4) is 0 Å². The first-order valence-electron chi connectivity index (χ1n) is 12.4. The van der Waals surface area contributed by atoms with Crippen molar-refractivity contribution < 1.29 is 32.6 Å². The molecule has 0 aromatic heterocycles. The fraction of sp³-hybridized carbons (Fsp3) is 0.276. The molecule has 2 amide bonds. The smallest absolute Gasteiger partial charge is 0.335 e. The minimum atomic E-state index is -4.70. The number of primary amides is 1. The maximum Gasteiger partial charge on any atom is 0.335 e. The van der Waals surface area contributed by atoms with Gasteiger partial charge in [0.1, 0.15) is 16.1 Å². The second kappa shape index (κ2) is 9.94. The molecule has 1 aliphatic heterocycles. The van der Waals surface area contributed by atoms with Crippen molar-refractivity contribution >= 4 is 45.1 Å². The number of carboxylic acid groups (broad SMARTS) is 1. The van der Waals surface area contributed by atoms with E-state index in [1.165, 1.54) is 55.5 Å². The van der Waals surface area contributed by atoms with E-state index < -0.39 is 43.5 Å². The third kappa shape index (κ3) is 4.61. The summed E-state index contributed by atoms with van der Waals surface area (Å²) >= 11 is 6.50. The predicted molar refractivity (Wildman–Crippen MR) is 151 cm³/mol. The van der Waals surface area contributed by atoms with E-state index in [0.29, 0.717) is 22.2 Å². The average molecular weight is 585 g/mol. The van der Waals surface area contributed by atoms with Gasteiger partial charge in [-0.25, -0.2) is 17.5 Å². The monoisotopic (exact) mass is 584 g/mol. The van der Waals surface area contributed by atoms with E-state index >= 15 is 0 Å². The highest BCUT2D eigenvalue weighted by Crippen LogP contribution is 2.51. The van der Waals surface area contributed by atoms with Gasteiger partial charge in [-0.15, -0.1) is 0 Å². The number of amides is 2. The number of ether oxygens (including phenoxy) is 1. The number of anilines is 1. The lowest BCUT2D eigenvalue weighted by Gasteiger charge is -2.27. The van der Waals surface area contributed by atoms with E-state index in [1.54, 1.807) is 13.0 Å². The van der Waals surface area contributed by atoms with Gasteiger partial charge in [0.25, 0.3) is 15.9 Å². The van der Waals surface area contributed by atoms with E-state index in [4.69, 9.17) is 22.1 Å². The SMILES string of the molecule is CCOc1ccc2c(c1)C(C)(c1cc(C(=O)O)ccc1Cl)C(=O)N2S(=O)(=O)c1ccc(C(C)(C)C)cc1C(N)=O. The van der Waals surface area contributed by atoms with E-state index in [-0.39, 0.29) is 33.0 Å². The van der Waals surface area contributed by atoms with E-state index in [1.807, 2.05) is 20.8 Å². The molecule has 1 unspecified atom stereocenters. The number of rotatable bonds is 7. The normalized spacial score (nSPS) is 17.1. The Morgan fingerprint density at radius 3 is 2.30 bits per heavy atom. The largest absolute Gasteiger partial charge is 0.494 e. The van der Waals surface area contributed by atoms with Crippen LogP contribution in [0.1, 0.15) is 72.0 Å². The molecular weight excluding hydrogens is 556 g/mol. The summed E-state index contributed by atoms with van der Waals surface area (Å²) in [4.78, 5) is 38.1. The van der Waals surface area contributed by atoms with Crippen LogP contribution in [0.2, 0.25) is 5.02 Å². The molecule has 40 heavy (non-hydrogen) atoms. The molecular formula is C29H29ClN2O7S. The van der Waals surface area contributed by atoms with Gasteiger partial charge in [0, 0.05) is 10.6 Å². The van der Waals surface area contributed by atoms with Gasteiger partial charge in [0.15, 0.2) is 0 Å². The van der Waals surface area contributed by atoms with Crippen molar-refractivity contribution in [2.24, 2.45) is 5.73 Å². The molecule has 1 atom stereocenters. The van der Waals surface area contributed by atoms with Crippen molar-refractivity contribution in [3.8, 4) is 5.75 Å². The first-order chi connectivity index (χ1) is 18.5. The number of nitrogens with two attached hydrogens (primary N) is 1. The molecule has 3 aromatic rings. The number of carbonyl (C=O) groups is 3. The molecule has 0 saturated carbocycles. The quantitative estimate of drug-likeness (QED) is 0.403. The number of aromatic carboxylic acids is 1. The molecule has 1 heterocycles. The minimum Gasteiger partial charge on any atom is -0.494 e. The summed E-state index contributed by atoms with van der Waals surface area (Å²) in [5.74, 6) is -2.75. The number of sulfonamides is 1. The summed E-state index contributed by atoms with van der Waals surface area (Å²) in [6, 6.07) is 12.6. The fourth-order valence-electron chi connectivity index (χ4n) is 4.83. The van der Waals surface area contributed by atoms with Gasteiger partial charge >= 0.3 is 5.97 Å². The van der Waals surface area contributed by atoms with Gasteiger partial charge in [-0.3, -0.25) is 9.59 Å². The van der Waals surface area contributed by atoms with E-state index in [9.17, 15) is 27.9 Å². The second-order valence-corrected chi connectivity index (χ2v) is 12.8. The molecule has 0 bridgehead atoms. The molecule has 9 nitrogen and oxygen atoms in total. The number of benzene rings is 3. The van der Waals surface area contributed by atoms with Crippen LogP contribution in [-0.2, 0) is 25.6 Å². The summed E-state index contributed by atoms with van der Waals surface area (Å²) in [5.41, 5.74) is 4.12. The Labute approximate surface area is 237 Å². The van der Waals surface area contributed by atoms with E-state index in [2.05, 4.69) is 0 Å². The zero-order chi connectivity index (χ0) is 29.8. The number of nitrogens with zero attached hydrogens (tertiary/aromatic N) is 1. The molecule has 1 aliphatic rings. The van der Waals surface area contributed by atoms with Crippen LogP contribution in [0.4, 0.5) is 5.69 Å². The zero-order valence-corrected chi connectivity index (χ0v) is 24.2. The number of hydrogen-bond donors (Lipinski definition) is 2. The Bertz CT molecular complexity index is 1680. The van der Waals surface area contributed by atoms with Gasteiger partial charge in [0.05, 0.1) is 23.4 Å². The van der Waals surface area contributed by atoms with Crippen molar-refractivity contribution in [3.05, 3.63) is 87.4 Å². The first-order valence-corrected chi connectivity index (χ1v) is 14.2. The van der Waals surface area contributed by atoms with Gasteiger partial charge in [0.2, 0.25) is 5.91 Å². The molecule has 4 rings (SSSR count). The summed E-state index contributed by atoms with van der Waals surface area (Å²) in [6.45, 7) is 9.26. The molecule has 0 radical (unpaired) electrons. The van der Waals surface area contributed by atoms with Crippen molar-refractivity contribution in [1.29, 1.82) is 0 Å². The topological polar surface area (TPSA) is 144 Å². The van der Waals surface area contributed by atoms with Crippen molar-refractivity contribution in [3.63, 3.8) is 0 Å². The Morgan fingerprint density at radius 2 is 1.73 bits per heavy atom. The molecule has 0 aliphatic carbocycles. The van der Waals surface area contributed by atoms with E-state index in [0.717, 1.165) is 0 Å². The van der Waals surface area contributed by atoms with Crippen LogP contribution < -0.4 is 14.8 Å². The highest BCUT2D eigenvalue weighted by Gasteiger charge is 2.54. The van der Waals surface area contributed by atoms with Gasteiger partial charge in [-0.05, 0) is 78.9 Å². The Hall–Kier alpha value is -3.89. The lowest BCUT2D eigenvalue weighted by atomic mass is 9.76. The highest BCUT2D eigenvalue weighted by molar-refractivity contribution is 7.93. The third-order valence-corrected chi connectivity index (χ3v) is 9.11. The zero-order valence-electron chi connectivity index (χ0n) is 22.6. The van der Waals surface area contributed by atoms with Crippen LogP contribution >= 0.6 is 11.6 Å². The van der Waals surface area contributed by atoms with Gasteiger partial charge in [-0.1, -0.05) is 38.4 Å². The minimum absolute atomic E-state index is 0.0167. The number of halogens is 1. The molecule has 0 fully saturated rings. The predicted octanol–water partition coefficient (Wildman–Crippen LogP) is 4.87. The lowest BCUT2D eigenvalue weighted by molar-refractivity contribution is -0.120. The third-order valence-electron chi connectivity index (χ3n) is 7.03. The van der Waals surface area contributed by atoms with Gasteiger partial charge in [-0.2, -0.15) is 0 Å². The molecule has 11 heteroatoms. The van der Waals surface area contributed by atoms with Crippen LogP contribution in [0.15, 0.2) is 59.5 Å². The van der Waals surface area contributed by atoms with Crippen molar-refractivity contribution in [1.82, 2.24) is 0 Å². The second-order valence-electron chi connectivity index (χ2n) is 10.6. The maximum atomic E-state index is 14.3. The molecule has 3 aromatic carbocycles. The number of fused-ring (bicyclic) bond motifs is 1. The number of carboxylic acids is 1. The highest BCUT2D eigenvalue weighted by atomic mass is 35.5. The van der Waals surface area contributed by atoms with Crippen LogP contribution in [-0.4, -0.2) is 37.9 Å². The van der Waals surface area contributed by atoms with Crippen molar-refractivity contribution in [2.75, 3.05) is 10.9 Å². The molecule has 210 valence electrons. The van der Waals surface area contributed by atoms with Crippen LogP contribution in [0.5, 0.6) is 5.75 Å². The first kappa shape index (κ1) is 29.1. The standard InChI is InChI=1S/C29H29ClN2O7S/c1-6-39-18-9-11-23-21(15-18)29(5,20-13-16(26(34)35)7-10-22(20)30)27(36)32(23)40(37,38)24-12-8-17(28(2,3)4)14-19(24)25(31)33/h7-15H,6H2,1-5H3,(H2,31,33)(H,34,35). The van der Waals surface area contributed by atoms with Crippen LogP contribution in [0, 0.1) is 0 Å². The molecule has 0 spiro atoms. The summed E-state index contributed by atoms with van der Waals surface area (Å²) in [5, 5.41) is 9.67. The van der Waals surface area contributed by atoms with Gasteiger partial charge < -0.3 is 15.6 Å². The molecule has 0 saturated heterocycles. The Kier molecular flexibility index (Phi) is 7.23. The summed E-state index contributed by atoms with van der Waals surface area (Å²) in [6.07, 6.45) is 0. The summed E-state index contributed by atoms with van der Waals surface area (Å²) < 4.78 is 34.7.